The Morgan fingerprint density at radius 3 is 2.22 bits per heavy atom. The first-order valence-corrected chi connectivity index (χ1v) is 6.31. The van der Waals surface area contributed by atoms with E-state index in [4.69, 9.17) is 5.73 Å². The van der Waals surface area contributed by atoms with Crippen LogP contribution in [0, 0.1) is 0 Å². The van der Waals surface area contributed by atoms with Crippen LogP contribution in [0.2, 0.25) is 0 Å². The summed E-state index contributed by atoms with van der Waals surface area (Å²) >= 11 is 0. The van der Waals surface area contributed by atoms with Crippen LogP contribution in [0.15, 0.2) is 54.6 Å². The Kier molecular flexibility index (Phi) is 4.37. The molecule has 0 radical (unpaired) electrons. The van der Waals surface area contributed by atoms with Crippen LogP contribution in [0.5, 0.6) is 5.75 Å². The molecule has 0 spiro atoms. The maximum absolute atomic E-state index is 9.21. The van der Waals surface area contributed by atoms with Gasteiger partial charge < -0.3 is 10.8 Å². The highest BCUT2D eigenvalue weighted by Gasteiger charge is 2.04. The first-order valence-electron chi connectivity index (χ1n) is 6.31. The van der Waals surface area contributed by atoms with E-state index in [9.17, 15) is 5.11 Å². The summed E-state index contributed by atoms with van der Waals surface area (Å²) in [5, 5.41) is 9.21. The highest BCUT2D eigenvalue weighted by molar-refractivity contribution is 5.26. The van der Waals surface area contributed by atoms with E-state index >= 15 is 0 Å². The van der Waals surface area contributed by atoms with Crippen molar-refractivity contribution in [1.29, 1.82) is 0 Å². The minimum Gasteiger partial charge on any atom is -0.508 e. The number of aryl methyl sites for hydroxylation is 1. The van der Waals surface area contributed by atoms with E-state index in [1.165, 1.54) is 11.1 Å². The number of phenols is 1. The zero-order chi connectivity index (χ0) is 12.8. The van der Waals surface area contributed by atoms with Crippen LogP contribution in [0.25, 0.3) is 0 Å². The summed E-state index contributed by atoms with van der Waals surface area (Å²) in [7, 11) is 0. The molecular formula is C16H19NO. The first kappa shape index (κ1) is 12.7. The average Bonchev–Trinajstić information content (AvgIpc) is 2.40. The molecule has 0 aliphatic rings. The first-order chi connectivity index (χ1) is 8.74. The molecule has 0 aliphatic carbocycles. The molecule has 0 saturated carbocycles. The van der Waals surface area contributed by atoms with Crippen LogP contribution < -0.4 is 5.73 Å². The maximum atomic E-state index is 9.21. The summed E-state index contributed by atoms with van der Waals surface area (Å²) in [5.74, 6) is 0.302. The predicted molar refractivity (Wildman–Crippen MR) is 74.5 cm³/mol. The van der Waals surface area contributed by atoms with Crippen molar-refractivity contribution < 1.29 is 5.11 Å². The number of phenolic OH excluding ortho intramolecular Hbond substituents is 1. The number of hydrogen-bond acceptors (Lipinski definition) is 2. The molecule has 3 N–H and O–H groups in total. The highest BCUT2D eigenvalue weighted by atomic mass is 16.3. The normalized spacial score (nSPS) is 12.3. The van der Waals surface area contributed by atoms with Gasteiger partial charge in [0.2, 0.25) is 0 Å². The number of nitrogens with two attached hydrogens (primary N) is 1. The Labute approximate surface area is 108 Å². The lowest BCUT2D eigenvalue weighted by molar-refractivity contribution is 0.475. The Bertz CT molecular complexity index is 464. The van der Waals surface area contributed by atoms with Gasteiger partial charge in [-0.15, -0.1) is 0 Å². The van der Waals surface area contributed by atoms with Gasteiger partial charge in [0.25, 0.3) is 0 Å². The summed E-state index contributed by atoms with van der Waals surface area (Å²) in [4.78, 5) is 0. The topological polar surface area (TPSA) is 46.2 Å². The molecule has 18 heavy (non-hydrogen) atoms. The summed E-state index contributed by atoms with van der Waals surface area (Å²) in [6.07, 6.45) is 2.85. The second kappa shape index (κ2) is 6.22. The van der Waals surface area contributed by atoms with E-state index < -0.39 is 0 Å². The van der Waals surface area contributed by atoms with Crippen molar-refractivity contribution in [1.82, 2.24) is 0 Å². The van der Waals surface area contributed by atoms with E-state index in [1.54, 1.807) is 12.1 Å². The van der Waals surface area contributed by atoms with Gasteiger partial charge in [-0.05, 0) is 42.5 Å². The molecule has 0 aromatic heterocycles. The summed E-state index contributed by atoms with van der Waals surface area (Å²) < 4.78 is 0. The molecule has 2 nitrogen and oxygen atoms in total. The van der Waals surface area contributed by atoms with E-state index in [0.717, 1.165) is 19.3 Å². The lowest BCUT2D eigenvalue weighted by atomic mass is 10.00. The molecule has 1 unspecified atom stereocenters. The molecule has 0 bridgehead atoms. The second-order valence-corrected chi connectivity index (χ2v) is 4.65. The fourth-order valence-corrected chi connectivity index (χ4v) is 2.03. The summed E-state index contributed by atoms with van der Waals surface area (Å²) in [6, 6.07) is 17.8. The van der Waals surface area contributed by atoms with Gasteiger partial charge >= 0.3 is 0 Å². The molecule has 2 rings (SSSR count). The summed E-state index contributed by atoms with van der Waals surface area (Å²) in [6.45, 7) is 0. The molecule has 0 amide bonds. The van der Waals surface area contributed by atoms with E-state index in [2.05, 4.69) is 24.3 Å². The summed E-state index contributed by atoms with van der Waals surface area (Å²) in [5.41, 5.74) is 8.64. The van der Waals surface area contributed by atoms with Gasteiger partial charge in [0.15, 0.2) is 0 Å². The van der Waals surface area contributed by atoms with Crippen molar-refractivity contribution in [2.75, 3.05) is 0 Å². The average molecular weight is 241 g/mol. The Morgan fingerprint density at radius 2 is 1.56 bits per heavy atom. The van der Waals surface area contributed by atoms with Crippen LogP contribution in [-0.2, 0) is 12.8 Å². The molecule has 0 aliphatic heterocycles. The number of hydrogen-bond donors (Lipinski definition) is 2. The monoisotopic (exact) mass is 241 g/mol. The second-order valence-electron chi connectivity index (χ2n) is 4.65. The predicted octanol–water partition coefficient (Wildman–Crippen LogP) is 2.89. The molecule has 0 saturated heterocycles. The number of aromatic hydroxyl groups is 1. The third-order valence-electron chi connectivity index (χ3n) is 3.08. The quantitative estimate of drug-likeness (QED) is 0.845. The third-order valence-corrected chi connectivity index (χ3v) is 3.08. The van der Waals surface area contributed by atoms with Crippen molar-refractivity contribution in [3.8, 4) is 5.75 Å². The maximum Gasteiger partial charge on any atom is 0.115 e. The minimum absolute atomic E-state index is 0.162. The van der Waals surface area contributed by atoms with Gasteiger partial charge in [-0.2, -0.15) is 0 Å². The van der Waals surface area contributed by atoms with Gasteiger partial charge in [0.05, 0.1) is 0 Å². The van der Waals surface area contributed by atoms with Crippen molar-refractivity contribution in [2.24, 2.45) is 5.73 Å². The Hall–Kier alpha value is -1.80. The van der Waals surface area contributed by atoms with Crippen LogP contribution in [-0.4, -0.2) is 11.1 Å². The molecule has 0 fully saturated rings. The van der Waals surface area contributed by atoms with Gasteiger partial charge in [-0.25, -0.2) is 0 Å². The van der Waals surface area contributed by atoms with Crippen molar-refractivity contribution in [3.63, 3.8) is 0 Å². The van der Waals surface area contributed by atoms with Crippen molar-refractivity contribution in [3.05, 3.63) is 65.7 Å². The van der Waals surface area contributed by atoms with Crippen LogP contribution in [0.4, 0.5) is 0 Å². The zero-order valence-electron chi connectivity index (χ0n) is 10.4. The van der Waals surface area contributed by atoms with Crippen LogP contribution >= 0.6 is 0 Å². The molecule has 94 valence electrons. The number of benzene rings is 2. The molecule has 2 aromatic carbocycles. The molecular weight excluding hydrogens is 222 g/mol. The zero-order valence-corrected chi connectivity index (χ0v) is 10.4. The van der Waals surface area contributed by atoms with E-state index in [1.807, 2.05) is 18.2 Å². The largest absolute Gasteiger partial charge is 0.508 e. The van der Waals surface area contributed by atoms with Gasteiger partial charge in [-0.1, -0.05) is 42.5 Å². The van der Waals surface area contributed by atoms with Gasteiger partial charge in [0.1, 0.15) is 5.75 Å². The molecule has 0 heterocycles. The molecule has 1 atom stereocenters. The SMILES string of the molecule is NC(CCc1ccccc1)Cc1ccc(O)cc1. The Morgan fingerprint density at radius 1 is 0.889 bits per heavy atom. The number of rotatable bonds is 5. The van der Waals surface area contributed by atoms with E-state index in [-0.39, 0.29) is 6.04 Å². The van der Waals surface area contributed by atoms with Crippen molar-refractivity contribution >= 4 is 0 Å². The highest BCUT2D eigenvalue weighted by Crippen LogP contribution is 2.12. The van der Waals surface area contributed by atoms with E-state index in [0.29, 0.717) is 5.75 Å². The van der Waals surface area contributed by atoms with Crippen LogP contribution in [0.1, 0.15) is 17.5 Å². The smallest absolute Gasteiger partial charge is 0.115 e. The van der Waals surface area contributed by atoms with Crippen molar-refractivity contribution in [2.45, 2.75) is 25.3 Å². The Balaban J connectivity index is 1.82. The minimum atomic E-state index is 0.162. The van der Waals surface area contributed by atoms with Gasteiger partial charge in [0, 0.05) is 6.04 Å². The standard InChI is InChI=1S/C16H19NO/c17-15(9-6-13-4-2-1-3-5-13)12-14-7-10-16(18)11-8-14/h1-5,7-8,10-11,15,18H,6,9,12,17H2. The lowest BCUT2D eigenvalue weighted by Gasteiger charge is -2.11. The lowest BCUT2D eigenvalue weighted by Crippen LogP contribution is -2.23. The fraction of sp³-hybridized carbons (Fsp3) is 0.250. The van der Waals surface area contributed by atoms with Gasteiger partial charge in [-0.3, -0.25) is 0 Å². The third kappa shape index (κ3) is 3.90. The molecule has 2 aromatic rings. The molecule has 2 heteroatoms. The fourth-order valence-electron chi connectivity index (χ4n) is 2.03. The van der Waals surface area contributed by atoms with Crippen LogP contribution in [0.3, 0.4) is 0 Å².